The molecule has 2 aromatic heterocycles. The molecule has 0 aliphatic heterocycles. The molecule has 0 unspecified atom stereocenters. The molecule has 0 aliphatic rings. The number of aryl methyl sites for hydroxylation is 2. The summed E-state index contributed by atoms with van der Waals surface area (Å²) < 4.78 is 0. The highest BCUT2D eigenvalue weighted by Crippen LogP contribution is 2.34. The summed E-state index contributed by atoms with van der Waals surface area (Å²) in [6.45, 7) is 8.41. The predicted molar refractivity (Wildman–Crippen MR) is 78.5 cm³/mol. The van der Waals surface area contributed by atoms with Gasteiger partial charge in [-0.25, -0.2) is 4.98 Å². The number of aromatic nitrogens is 3. The predicted octanol–water partition coefficient (Wildman–Crippen LogP) is 3.74. The Kier molecular flexibility index (Phi) is 4.29. The zero-order chi connectivity index (χ0) is 13.1. The lowest BCUT2D eigenvalue weighted by Crippen LogP contribution is -2.08. The average molecular weight is 282 g/mol. The van der Waals surface area contributed by atoms with Crippen molar-refractivity contribution in [1.82, 2.24) is 15.2 Å². The highest BCUT2D eigenvalue weighted by molar-refractivity contribution is 7.23. The van der Waals surface area contributed by atoms with Gasteiger partial charge in [-0.15, -0.1) is 21.5 Å². The average Bonchev–Trinajstić information content (AvgIpc) is 2.85. The number of nitrogens with zero attached hydrogens (tertiary/aromatic N) is 3. The standard InChI is InChI=1S/C12H18N4S2/c1-5-6-9-10(17-8(4)14-9)11-15-16-12(18-11)13-7(2)3/h7H,5-6H2,1-4H3,(H,13,16). The van der Waals surface area contributed by atoms with Gasteiger partial charge in [-0.05, 0) is 27.2 Å². The fourth-order valence-electron chi connectivity index (χ4n) is 1.66. The van der Waals surface area contributed by atoms with E-state index in [4.69, 9.17) is 0 Å². The topological polar surface area (TPSA) is 50.7 Å². The van der Waals surface area contributed by atoms with E-state index in [1.165, 1.54) is 4.88 Å². The van der Waals surface area contributed by atoms with Crippen LogP contribution in [0.4, 0.5) is 5.13 Å². The summed E-state index contributed by atoms with van der Waals surface area (Å²) in [7, 11) is 0. The Labute approximate surface area is 116 Å². The molecular weight excluding hydrogens is 264 g/mol. The van der Waals surface area contributed by atoms with E-state index in [2.05, 4.69) is 41.3 Å². The number of hydrogen-bond acceptors (Lipinski definition) is 6. The van der Waals surface area contributed by atoms with Crippen LogP contribution in [0.25, 0.3) is 9.88 Å². The van der Waals surface area contributed by atoms with Crippen LogP contribution in [0.1, 0.15) is 37.9 Å². The second kappa shape index (κ2) is 5.75. The lowest BCUT2D eigenvalue weighted by Gasteiger charge is -2.03. The first kappa shape index (κ1) is 13.4. The van der Waals surface area contributed by atoms with Crippen LogP contribution in [0.2, 0.25) is 0 Å². The van der Waals surface area contributed by atoms with Crippen LogP contribution in [-0.2, 0) is 6.42 Å². The third kappa shape index (κ3) is 3.05. The summed E-state index contributed by atoms with van der Waals surface area (Å²) in [4.78, 5) is 5.77. The molecule has 18 heavy (non-hydrogen) atoms. The molecule has 1 N–H and O–H groups in total. The summed E-state index contributed by atoms with van der Waals surface area (Å²) in [5, 5.41) is 14.7. The first-order valence-corrected chi connectivity index (χ1v) is 7.80. The van der Waals surface area contributed by atoms with Crippen LogP contribution in [0.15, 0.2) is 0 Å². The minimum Gasteiger partial charge on any atom is -0.358 e. The molecule has 0 fully saturated rings. The Balaban J connectivity index is 2.27. The quantitative estimate of drug-likeness (QED) is 0.907. The Morgan fingerprint density at radius 2 is 2.00 bits per heavy atom. The van der Waals surface area contributed by atoms with Crippen LogP contribution in [0, 0.1) is 6.92 Å². The molecule has 0 atom stereocenters. The Hall–Kier alpha value is -1.01. The summed E-state index contributed by atoms with van der Waals surface area (Å²) in [6, 6.07) is 0.379. The Bertz CT molecular complexity index is 516. The normalized spacial score (nSPS) is 11.2. The molecule has 0 aromatic carbocycles. The largest absolute Gasteiger partial charge is 0.358 e. The van der Waals surface area contributed by atoms with Gasteiger partial charge >= 0.3 is 0 Å². The summed E-state index contributed by atoms with van der Waals surface area (Å²) in [5.74, 6) is 0. The second-order valence-corrected chi connectivity index (χ2v) is 6.65. The van der Waals surface area contributed by atoms with E-state index in [1.807, 2.05) is 6.92 Å². The molecule has 2 rings (SSSR count). The van der Waals surface area contributed by atoms with Gasteiger partial charge < -0.3 is 5.32 Å². The first-order chi connectivity index (χ1) is 8.60. The fourth-order valence-corrected chi connectivity index (χ4v) is 3.61. The second-order valence-electron chi connectivity index (χ2n) is 4.47. The van der Waals surface area contributed by atoms with Crippen molar-refractivity contribution < 1.29 is 0 Å². The molecule has 0 amide bonds. The fraction of sp³-hybridized carbons (Fsp3) is 0.583. The third-order valence-electron chi connectivity index (χ3n) is 2.32. The van der Waals surface area contributed by atoms with Crippen LogP contribution < -0.4 is 5.32 Å². The van der Waals surface area contributed by atoms with Gasteiger partial charge in [0.1, 0.15) is 0 Å². The van der Waals surface area contributed by atoms with Crippen LogP contribution in [-0.4, -0.2) is 21.2 Å². The van der Waals surface area contributed by atoms with E-state index in [9.17, 15) is 0 Å². The van der Waals surface area contributed by atoms with Gasteiger partial charge in [-0.2, -0.15) is 0 Å². The molecule has 0 aliphatic carbocycles. The van der Waals surface area contributed by atoms with Crippen LogP contribution in [0.3, 0.4) is 0 Å². The van der Waals surface area contributed by atoms with Gasteiger partial charge in [0.15, 0.2) is 5.01 Å². The lowest BCUT2D eigenvalue weighted by atomic mass is 10.2. The van der Waals surface area contributed by atoms with Gasteiger partial charge in [0.2, 0.25) is 5.13 Å². The maximum atomic E-state index is 4.58. The maximum Gasteiger partial charge on any atom is 0.206 e. The minimum absolute atomic E-state index is 0.379. The van der Waals surface area contributed by atoms with Crippen LogP contribution in [0.5, 0.6) is 0 Å². The van der Waals surface area contributed by atoms with Gasteiger partial charge in [-0.1, -0.05) is 24.7 Å². The molecule has 0 saturated heterocycles. The van der Waals surface area contributed by atoms with E-state index < -0.39 is 0 Å². The lowest BCUT2D eigenvalue weighted by molar-refractivity contribution is 0.884. The molecule has 0 saturated carbocycles. The molecule has 2 heterocycles. The van der Waals surface area contributed by atoms with Gasteiger partial charge in [0.25, 0.3) is 0 Å². The molecule has 0 spiro atoms. The molecule has 4 nitrogen and oxygen atoms in total. The Morgan fingerprint density at radius 1 is 1.22 bits per heavy atom. The van der Waals surface area contributed by atoms with Gasteiger partial charge in [0.05, 0.1) is 15.6 Å². The van der Waals surface area contributed by atoms with Crippen molar-refractivity contribution in [2.45, 2.75) is 46.6 Å². The van der Waals surface area contributed by atoms with Crippen molar-refractivity contribution in [3.8, 4) is 9.88 Å². The van der Waals surface area contributed by atoms with Gasteiger partial charge in [-0.3, -0.25) is 0 Å². The monoisotopic (exact) mass is 282 g/mol. The molecule has 0 radical (unpaired) electrons. The van der Waals surface area contributed by atoms with E-state index in [-0.39, 0.29) is 0 Å². The summed E-state index contributed by atoms with van der Waals surface area (Å²) >= 11 is 3.31. The highest BCUT2D eigenvalue weighted by atomic mass is 32.1. The molecule has 6 heteroatoms. The zero-order valence-corrected chi connectivity index (χ0v) is 12.8. The number of nitrogens with one attached hydrogen (secondary N) is 1. The number of thiazole rings is 1. The summed E-state index contributed by atoms with van der Waals surface area (Å²) in [6.07, 6.45) is 2.11. The number of anilines is 1. The van der Waals surface area contributed by atoms with Crippen molar-refractivity contribution in [3.63, 3.8) is 0 Å². The molecular formula is C12H18N4S2. The van der Waals surface area contributed by atoms with Gasteiger partial charge in [0, 0.05) is 6.04 Å². The first-order valence-electron chi connectivity index (χ1n) is 6.16. The third-order valence-corrected chi connectivity index (χ3v) is 4.34. The highest BCUT2D eigenvalue weighted by Gasteiger charge is 2.15. The van der Waals surface area contributed by atoms with E-state index in [0.717, 1.165) is 33.7 Å². The van der Waals surface area contributed by atoms with Crippen molar-refractivity contribution >= 4 is 27.8 Å². The number of hydrogen-bond donors (Lipinski definition) is 1. The van der Waals surface area contributed by atoms with Crippen LogP contribution >= 0.6 is 22.7 Å². The Morgan fingerprint density at radius 3 is 2.67 bits per heavy atom. The van der Waals surface area contributed by atoms with E-state index in [0.29, 0.717) is 6.04 Å². The molecule has 98 valence electrons. The minimum atomic E-state index is 0.379. The van der Waals surface area contributed by atoms with Crippen molar-refractivity contribution in [3.05, 3.63) is 10.7 Å². The molecule has 0 bridgehead atoms. The molecule has 2 aromatic rings. The smallest absolute Gasteiger partial charge is 0.206 e. The summed E-state index contributed by atoms with van der Waals surface area (Å²) in [5.41, 5.74) is 1.16. The van der Waals surface area contributed by atoms with E-state index in [1.54, 1.807) is 22.7 Å². The SMILES string of the molecule is CCCc1nc(C)sc1-c1nnc(NC(C)C)s1. The van der Waals surface area contributed by atoms with Crippen molar-refractivity contribution in [1.29, 1.82) is 0 Å². The van der Waals surface area contributed by atoms with Crippen molar-refractivity contribution in [2.24, 2.45) is 0 Å². The van der Waals surface area contributed by atoms with E-state index >= 15 is 0 Å². The van der Waals surface area contributed by atoms with Crippen molar-refractivity contribution in [2.75, 3.05) is 5.32 Å². The zero-order valence-electron chi connectivity index (χ0n) is 11.1. The number of rotatable bonds is 5. The maximum absolute atomic E-state index is 4.58.